The Kier molecular flexibility index (Phi) is 8.28. The average molecular weight is 456 g/mol. The molecular formula is C25H30ClN3O3. The number of hydrogen-bond acceptors (Lipinski definition) is 3. The van der Waals surface area contributed by atoms with Gasteiger partial charge in [-0.25, -0.2) is 0 Å². The van der Waals surface area contributed by atoms with Crippen molar-refractivity contribution in [2.24, 2.45) is 5.92 Å². The number of amides is 3. The van der Waals surface area contributed by atoms with Gasteiger partial charge < -0.3 is 15.5 Å². The highest BCUT2D eigenvalue weighted by Gasteiger charge is 2.26. The Morgan fingerprint density at radius 3 is 2.25 bits per heavy atom. The predicted octanol–water partition coefficient (Wildman–Crippen LogP) is 3.96. The maximum absolute atomic E-state index is 12.8. The molecule has 0 aliphatic carbocycles. The highest BCUT2D eigenvalue weighted by Crippen LogP contribution is 2.21. The molecule has 0 aromatic heterocycles. The van der Waals surface area contributed by atoms with Gasteiger partial charge in [0.2, 0.25) is 11.8 Å². The van der Waals surface area contributed by atoms with Gasteiger partial charge in [0.25, 0.3) is 5.91 Å². The minimum absolute atomic E-state index is 0.0190. The Labute approximate surface area is 194 Å². The van der Waals surface area contributed by atoms with E-state index in [0.29, 0.717) is 23.7 Å². The number of likely N-dealkylation sites (tertiary alicyclic amines) is 1. The van der Waals surface area contributed by atoms with Crippen molar-refractivity contribution in [1.29, 1.82) is 0 Å². The van der Waals surface area contributed by atoms with Crippen LogP contribution in [0.5, 0.6) is 0 Å². The third kappa shape index (κ3) is 6.33. The Balaban J connectivity index is 1.62. The fourth-order valence-electron chi connectivity index (χ4n) is 3.90. The van der Waals surface area contributed by atoms with Crippen LogP contribution in [0.25, 0.3) is 0 Å². The van der Waals surface area contributed by atoms with Crippen molar-refractivity contribution in [2.75, 3.05) is 13.1 Å². The lowest BCUT2D eigenvalue weighted by Gasteiger charge is -2.33. The molecule has 1 atom stereocenters. The summed E-state index contributed by atoms with van der Waals surface area (Å²) in [5, 5.41) is 6.40. The zero-order valence-corrected chi connectivity index (χ0v) is 19.3. The zero-order chi connectivity index (χ0) is 23.1. The summed E-state index contributed by atoms with van der Waals surface area (Å²) in [5.74, 6) is -0.319. The monoisotopic (exact) mass is 455 g/mol. The number of piperidine rings is 1. The maximum Gasteiger partial charge on any atom is 0.253 e. The van der Waals surface area contributed by atoms with Crippen molar-refractivity contribution in [3.05, 3.63) is 70.7 Å². The normalized spacial score (nSPS) is 15.3. The van der Waals surface area contributed by atoms with Crippen LogP contribution in [0, 0.1) is 5.92 Å². The first-order valence-corrected chi connectivity index (χ1v) is 11.4. The van der Waals surface area contributed by atoms with E-state index in [9.17, 15) is 14.4 Å². The lowest BCUT2D eigenvalue weighted by molar-refractivity contribution is -0.135. The molecule has 1 aliphatic heterocycles. The van der Waals surface area contributed by atoms with E-state index >= 15 is 0 Å². The summed E-state index contributed by atoms with van der Waals surface area (Å²) in [5.41, 5.74) is 1.22. The van der Waals surface area contributed by atoms with Crippen molar-refractivity contribution < 1.29 is 14.4 Å². The van der Waals surface area contributed by atoms with Gasteiger partial charge in [-0.1, -0.05) is 67.9 Å². The molecule has 3 rings (SSSR count). The first-order chi connectivity index (χ1) is 15.3. The molecule has 0 bridgehead atoms. The van der Waals surface area contributed by atoms with Crippen LogP contribution in [0.3, 0.4) is 0 Å². The van der Waals surface area contributed by atoms with E-state index in [1.807, 2.05) is 49.1 Å². The van der Waals surface area contributed by atoms with Gasteiger partial charge in [-0.15, -0.1) is 0 Å². The number of carbonyl (C=O) groups excluding carboxylic acids is 3. The molecule has 1 saturated heterocycles. The smallest absolute Gasteiger partial charge is 0.253 e. The molecule has 0 radical (unpaired) electrons. The van der Waals surface area contributed by atoms with Crippen LogP contribution in [-0.4, -0.2) is 41.8 Å². The summed E-state index contributed by atoms with van der Waals surface area (Å²) in [6.45, 7) is 5.09. The zero-order valence-electron chi connectivity index (χ0n) is 18.5. The second-order valence-electron chi connectivity index (χ2n) is 8.44. The molecule has 32 heavy (non-hydrogen) atoms. The molecule has 2 aromatic rings. The molecule has 1 unspecified atom stereocenters. The molecule has 2 N–H and O–H groups in total. The van der Waals surface area contributed by atoms with E-state index in [-0.39, 0.29) is 36.1 Å². The van der Waals surface area contributed by atoms with Gasteiger partial charge in [-0.2, -0.15) is 0 Å². The summed E-state index contributed by atoms with van der Waals surface area (Å²) in [7, 11) is 0. The second kappa shape index (κ2) is 11.1. The van der Waals surface area contributed by atoms with Crippen LogP contribution in [0.2, 0.25) is 5.02 Å². The Morgan fingerprint density at radius 2 is 1.62 bits per heavy atom. The molecule has 7 heteroatoms. The summed E-state index contributed by atoms with van der Waals surface area (Å²) in [6.07, 6.45) is 1.57. The Bertz CT molecular complexity index is 940. The van der Waals surface area contributed by atoms with Gasteiger partial charge in [0.15, 0.2) is 0 Å². The van der Waals surface area contributed by atoms with Crippen molar-refractivity contribution >= 4 is 29.3 Å². The van der Waals surface area contributed by atoms with Crippen LogP contribution < -0.4 is 10.6 Å². The number of hydrogen-bond donors (Lipinski definition) is 2. The van der Waals surface area contributed by atoms with Crippen LogP contribution in [0.4, 0.5) is 0 Å². The van der Waals surface area contributed by atoms with E-state index in [1.165, 1.54) is 0 Å². The standard InChI is InChI=1S/C25H30ClN3O3/c1-17(2)25(32)29-14-12-19(13-15-29)27-23(30)16-22(18-8-4-3-5-9-18)28-24(31)20-10-6-7-11-21(20)26/h3-11,17,19,22H,12-16H2,1-2H3,(H,27,30)(H,28,31). The van der Waals surface area contributed by atoms with Gasteiger partial charge in [0.1, 0.15) is 0 Å². The highest BCUT2D eigenvalue weighted by atomic mass is 35.5. The first kappa shape index (κ1) is 23.8. The summed E-state index contributed by atoms with van der Waals surface area (Å²) < 4.78 is 0. The lowest BCUT2D eigenvalue weighted by atomic mass is 10.0. The third-order valence-corrected chi connectivity index (χ3v) is 6.01. The third-order valence-electron chi connectivity index (χ3n) is 5.68. The van der Waals surface area contributed by atoms with E-state index in [4.69, 9.17) is 11.6 Å². The minimum Gasteiger partial charge on any atom is -0.353 e. The molecule has 2 aromatic carbocycles. The van der Waals surface area contributed by atoms with Crippen LogP contribution in [0.1, 0.15) is 55.1 Å². The average Bonchev–Trinajstić information content (AvgIpc) is 2.79. The topological polar surface area (TPSA) is 78.5 Å². The van der Waals surface area contributed by atoms with E-state index < -0.39 is 6.04 Å². The van der Waals surface area contributed by atoms with Gasteiger partial charge >= 0.3 is 0 Å². The molecule has 0 spiro atoms. The summed E-state index contributed by atoms with van der Waals surface area (Å²) in [6, 6.07) is 15.8. The largest absolute Gasteiger partial charge is 0.353 e. The quantitative estimate of drug-likeness (QED) is 0.663. The van der Waals surface area contributed by atoms with E-state index in [0.717, 1.165) is 18.4 Å². The lowest BCUT2D eigenvalue weighted by Crippen LogP contribution is -2.48. The van der Waals surface area contributed by atoms with Crippen molar-refractivity contribution in [3.63, 3.8) is 0 Å². The fourth-order valence-corrected chi connectivity index (χ4v) is 4.12. The molecule has 6 nitrogen and oxygen atoms in total. The number of nitrogens with zero attached hydrogens (tertiary/aromatic N) is 1. The Hall–Kier alpha value is -2.86. The SMILES string of the molecule is CC(C)C(=O)N1CCC(NC(=O)CC(NC(=O)c2ccccc2Cl)c2ccccc2)CC1. The van der Waals surface area contributed by atoms with Crippen LogP contribution >= 0.6 is 11.6 Å². The van der Waals surface area contributed by atoms with Gasteiger partial charge in [0, 0.05) is 25.0 Å². The number of carbonyl (C=O) groups is 3. The van der Waals surface area contributed by atoms with Crippen molar-refractivity contribution in [3.8, 4) is 0 Å². The second-order valence-corrected chi connectivity index (χ2v) is 8.85. The summed E-state index contributed by atoms with van der Waals surface area (Å²) >= 11 is 6.17. The first-order valence-electron chi connectivity index (χ1n) is 11.0. The van der Waals surface area contributed by atoms with Crippen molar-refractivity contribution in [1.82, 2.24) is 15.5 Å². The van der Waals surface area contributed by atoms with Gasteiger partial charge in [-0.05, 0) is 30.5 Å². The number of nitrogens with one attached hydrogen (secondary N) is 2. The molecule has 0 saturated carbocycles. The number of benzene rings is 2. The predicted molar refractivity (Wildman–Crippen MR) is 125 cm³/mol. The minimum atomic E-state index is -0.484. The van der Waals surface area contributed by atoms with Crippen LogP contribution in [-0.2, 0) is 9.59 Å². The van der Waals surface area contributed by atoms with Crippen LogP contribution in [0.15, 0.2) is 54.6 Å². The maximum atomic E-state index is 12.8. The number of halogens is 1. The van der Waals surface area contributed by atoms with E-state index in [2.05, 4.69) is 10.6 Å². The molecule has 1 fully saturated rings. The molecular weight excluding hydrogens is 426 g/mol. The molecule has 170 valence electrons. The van der Waals surface area contributed by atoms with Gasteiger partial charge in [0.05, 0.1) is 23.0 Å². The highest BCUT2D eigenvalue weighted by molar-refractivity contribution is 6.33. The number of rotatable bonds is 7. The Morgan fingerprint density at radius 1 is 1.00 bits per heavy atom. The molecule has 3 amide bonds. The van der Waals surface area contributed by atoms with E-state index in [1.54, 1.807) is 24.3 Å². The summed E-state index contributed by atoms with van der Waals surface area (Å²) in [4.78, 5) is 39.7. The van der Waals surface area contributed by atoms with Crippen molar-refractivity contribution in [2.45, 2.75) is 45.2 Å². The fraction of sp³-hybridized carbons (Fsp3) is 0.400. The molecule has 1 aliphatic rings. The molecule has 1 heterocycles. The van der Waals surface area contributed by atoms with Gasteiger partial charge in [-0.3, -0.25) is 14.4 Å².